The fourth-order valence-electron chi connectivity index (χ4n) is 2.90. The molecule has 6 heteroatoms. The van der Waals surface area contributed by atoms with Crippen LogP contribution in [0, 0.1) is 5.82 Å². The van der Waals surface area contributed by atoms with Gasteiger partial charge in [0.2, 0.25) is 0 Å². The number of ether oxygens (including phenoxy) is 1. The molecule has 0 aromatic heterocycles. The van der Waals surface area contributed by atoms with Gasteiger partial charge in [0.25, 0.3) is 0 Å². The molecule has 0 atom stereocenters. The van der Waals surface area contributed by atoms with Gasteiger partial charge in [0.15, 0.2) is 5.11 Å². The molecule has 1 N–H and O–H groups in total. The highest BCUT2D eigenvalue weighted by Gasteiger charge is 2.19. The Morgan fingerprint density at radius 3 is 2.44 bits per heavy atom. The Bertz CT molecular complexity index is 715. The summed E-state index contributed by atoms with van der Waals surface area (Å²) in [6.45, 7) is 4.40. The van der Waals surface area contributed by atoms with Gasteiger partial charge in [-0.1, -0.05) is 24.3 Å². The van der Waals surface area contributed by atoms with Crippen molar-refractivity contribution in [3.8, 4) is 5.75 Å². The standard InChI is InChI=1S/C19H22FN3OS/c1-24-18-5-3-2-4-17(18)21-19(25)23-12-10-22(11-13-23)14-15-6-8-16(20)9-7-15/h2-9H,10-14H2,1H3,(H,21,25). The van der Waals surface area contributed by atoms with Crippen molar-refractivity contribution in [2.75, 3.05) is 38.6 Å². The molecule has 4 nitrogen and oxygen atoms in total. The van der Waals surface area contributed by atoms with E-state index < -0.39 is 0 Å². The zero-order valence-corrected chi connectivity index (χ0v) is 15.1. The molecular weight excluding hydrogens is 337 g/mol. The molecule has 0 amide bonds. The zero-order chi connectivity index (χ0) is 17.6. The number of methoxy groups -OCH3 is 1. The van der Waals surface area contributed by atoms with E-state index >= 15 is 0 Å². The van der Waals surface area contributed by atoms with Gasteiger partial charge in [-0.25, -0.2) is 4.39 Å². The summed E-state index contributed by atoms with van der Waals surface area (Å²) in [5.74, 6) is 0.584. The number of thiocarbonyl (C=S) groups is 1. The Morgan fingerprint density at radius 2 is 1.76 bits per heavy atom. The molecule has 2 aromatic rings. The molecule has 1 heterocycles. The van der Waals surface area contributed by atoms with Crippen LogP contribution in [0.25, 0.3) is 0 Å². The minimum Gasteiger partial charge on any atom is -0.495 e. The van der Waals surface area contributed by atoms with E-state index in [1.54, 1.807) is 7.11 Å². The Kier molecular flexibility index (Phi) is 5.83. The number of nitrogens with one attached hydrogen (secondary N) is 1. The van der Waals surface area contributed by atoms with Crippen LogP contribution in [-0.4, -0.2) is 48.2 Å². The lowest BCUT2D eigenvalue weighted by molar-refractivity contribution is 0.177. The largest absolute Gasteiger partial charge is 0.495 e. The smallest absolute Gasteiger partial charge is 0.173 e. The predicted octanol–water partition coefficient (Wildman–Crippen LogP) is 3.35. The monoisotopic (exact) mass is 359 g/mol. The Hall–Kier alpha value is -2.18. The van der Waals surface area contributed by atoms with Crippen LogP contribution in [0.2, 0.25) is 0 Å². The predicted molar refractivity (Wildman–Crippen MR) is 102 cm³/mol. The summed E-state index contributed by atoms with van der Waals surface area (Å²) in [6, 6.07) is 14.5. The van der Waals surface area contributed by atoms with Gasteiger partial charge in [0.1, 0.15) is 11.6 Å². The Balaban J connectivity index is 1.51. The van der Waals surface area contributed by atoms with Crippen LogP contribution in [0.5, 0.6) is 5.75 Å². The Labute approximate surface area is 153 Å². The highest BCUT2D eigenvalue weighted by molar-refractivity contribution is 7.80. The molecule has 0 spiro atoms. The summed E-state index contributed by atoms with van der Waals surface area (Å²) in [4.78, 5) is 4.53. The fourth-order valence-corrected chi connectivity index (χ4v) is 3.19. The van der Waals surface area contributed by atoms with Crippen LogP contribution in [0.15, 0.2) is 48.5 Å². The minimum absolute atomic E-state index is 0.193. The lowest BCUT2D eigenvalue weighted by atomic mass is 10.2. The molecule has 0 unspecified atom stereocenters. The normalized spacial score (nSPS) is 15.0. The van der Waals surface area contributed by atoms with Crippen molar-refractivity contribution in [2.45, 2.75) is 6.54 Å². The number of rotatable bonds is 4. The van der Waals surface area contributed by atoms with E-state index in [9.17, 15) is 4.39 Å². The second kappa shape index (κ2) is 8.27. The average molecular weight is 359 g/mol. The molecule has 0 radical (unpaired) electrons. The highest BCUT2D eigenvalue weighted by atomic mass is 32.1. The first kappa shape index (κ1) is 17.6. The van der Waals surface area contributed by atoms with Gasteiger partial charge in [0, 0.05) is 32.7 Å². The van der Waals surface area contributed by atoms with Crippen LogP contribution in [0.1, 0.15) is 5.56 Å². The number of nitrogens with zero attached hydrogens (tertiary/aromatic N) is 2. The maximum Gasteiger partial charge on any atom is 0.173 e. The van der Waals surface area contributed by atoms with Crippen molar-refractivity contribution >= 4 is 23.0 Å². The highest BCUT2D eigenvalue weighted by Crippen LogP contribution is 2.23. The molecule has 25 heavy (non-hydrogen) atoms. The SMILES string of the molecule is COc1ccccc1NC(=S)N1CCN(Cc2ccc(F)cc2)CC1. The first-order valence-corrected chi connectivity index (χ1v) is 8.72. The van der Waals surface area contributed by atoms with Gasteiger partial charge in [-0.15, -0.1) is 0 Å². The number of para-hydroxylation sites is 2. The topological polar surface area (TPSA) is 27.7 Å². The maximum atomic E-state index is 13.0. The van der Waals surface area contributed by atoms with E-state index in [-0.39, 0.29) is 5.82 Å². The van der Waals surface area contributed by atoms with Crippen molar-refractivity contribution in [3.63, 3.8) is 0 Å². The molecule has 132 valence electrons. The van der Waals surface area contributed by atoms with Crippen LogP contribution in [0.4, 0.5) is 10.1 Å². The third-order valence-corrected chi connectivity index (χ3v) is 4.69. The fraction of sp³-hybridized carbons (Fsp3) is 0.316. The molecule has 1 aliphatic heterocycles. The molecule has 1 fully saturated rings. The summed E-state index contributed by atoms with van der Waals surface area (Å²) < 4.78 is 18.3. The van der Waals surface area contributed by atoms with E-state index in [0.29, 0.717) is 5.11 Å². The van der Waals surface area contributed by atoms with Crippen molar-refractivity contribution in [1.82, 2.24) is 9.80 Å². The van der Waals surface area contributed by atoms with Crippen molar-refractivity contribution in [3.05, 3.63) is 59.9 Å². The number of hydrogen-bond donors (Lipinski definition) is 1. The van der Waals surface area contributed by atoms with Crippen molar-refractivity contribution in [1.29, 1.82) is 0 Å². The van der Waals surface area contributed by atoms with E-state index in [2.05, 4.69) is 15.1 Å². The summed E-state index contributed by atoms with van der Waals surface area (Å²) in [7, 11) is 1.65. The molecule has 2 aromatic carbocycles. The van der Waals surface area contributed by atoms with Crippen molar-refractivity contribution < 1.29 is 9.13 Å². The van der Waals surface area contributed by atoms with Crippen LogP contribution >= 0.6 is 12.2 Å². The summed E-state index contributed by atoms with van der Waals surface area (Å²) in [5.41, 5.74) is 2.01. The molecule has 1 aliphatic rings. The van der Waals surface area contributed by atoms with Gasteiger partial charge in [-0.3, -0.25) is 4.90 Å². The van der Waals surface area contributed by atoms with Crippen molar-refractivity contribution in [2.24, 2.45) is 0 Å². The summed E-state index contributed by atoms with van der Waals surface area (Å²) in [5, 5.41) is 3.99. The van der Waals surface area contributed by atoms with Gasteiger partial charge < -0.3 is 15.0 Å². The van der Waals surface area contributed by atoms with Crippen LogP contribution in [0.3, 0.4) is 0 Å². The first-order valence-electron chi connectivity index (χ1n) is 8.31. The van der Waals surface area contributed by atoms with E-state index in [0.717, 1.165) is 49.7 Å². The second-order valence-electron chi connectivity index (χ2n) is 6.02. The first-order chi connectivity index (χ1) is 12.2. The number of anilines is 1. The van der Waals surface area contributed by atoms with Gasteiger partial charge in [-0.05, 0) is 42.0 Å². The zero-order valence-electron chi connectivity index (χ0n) is 14.2. The Morgan fingerprint density at radius 1 is 1.08 bits per heavy atom. The van der Waals surface area contributed by atoms with Crippen LogP contribution in [-0.2, 0) is 6.54 Å². The summed E-state index contributed by atoms with van der Waals surface area (Å²) >= 11 is 5.55. The number of piperazine rings is 1. The number of benzene rings is 2. The number of halogens is 1. The van der Waals surface area contributed by atoms with Gasteiger partial charge >= 0.3 is 0 Å². The molecule has 3 rings (SSSR count). The average Bonchev–Trinajstić information content (AvgIpc) is 2.64. The third-order valence-electron chi connectivity index (χ3n) is 4.33. The quantitative estimate of drug-likeness (QED) is 0.845. The van der Waals surface area contributed by atoms with Gasteiger partial charge in [0.05, 0.1) is 12.8 Å². The van der Waals surface area contributed by atoms with Crippen LogP contribution < -0.4 is 10.1 Å². The molecular formula is C19H22FN3OS. The molecule has 0 bridgehead atoms. The van der Waals surface area contributed by atoms with Gasteiger partial charge in [-0.2, -0.15) is 0 Å². The lowest BCUT2D eigenvalue weighted by Gasteiger charge is -2.36. The van der Waals surface area contributed by atoms with E-state index in [1.807, 2.05) is 36.4 Å². The second-order valence-corrected chi connectivity index (χ2v) is 6.41. The lowest BCUT2D eigenvalue weighted by Crippen LogP contribution is -2.49. The molecule has 1 saturated heterocycles. The third kappa shape index (κ3) is 4.67. The number of hydrogen-bond acceptors (Lipinski definition) is 3. The molecule has 0 aliphatic carbocycles. The molecule has 0 saturated carbocycles. The minimum atomic E-state index is -0.193. The van der Waals surface area contributed by atoms with E-state index in [1.165, 1.54) is 12.1 Å². The maximum absolute atomic E-state index is 13.0. The summed E-state index contributed by atoms with van der Waals surface area (Å²) in [6.07, 6.45) is 0. The van der Waals surface area contributed by atoms with E-state index in [4.69, 9.17) is 17.0 Å².